The van der Waals surface area contributed by atoms with Gasteiger partial charge in [0.1, 0.15) is 0 Å². The molecule has 2 aromatic carbocycles. The lowest BCUT2D eigenvalue weighted by molar-refractivity contribution is 1.61. The van der Waals surface area contributed by atoms with Crippen molar-refractivity contribution in [1.29, 1.82) is 0 Å². The van der Waals surface area contributed by atoms with Crippen LogP contribution in [0, 0.1) is 6.07 Å². The summed E-state index contributed by atoms with van der Waals surface area (Å²) in [6.45, 7) is 0. The van der Waals surface area contributed by atoms with Crippen molar-refractivity contribution in [3.05, 3.63) is 57.5 Å². The Hall–Kier alpha value is -0.690. The maximum Gasteiger partial charge on any atom is 0.0514 e. The summed E-state index contributed by atoms with van der Waals surface area (Å²) in [5.74, 6) is 0. The van der Waals surface area contributed by atoms with Crippen LogP contribution in [-0.2, 0) is 0 Å². The van der Waals surface area contributed by atoms with Gasteiger partial charge in [-0.3, -0.25) is 0 Å². The van der Waals surface area contributed by atoms with E-state index in [0.29, 0.717) is 15.1 Å². The fourth-order valence-corrected chi connectivity index (χ4v) is 2.41. The Balaban J connectivity index is 2.64. The summed E-state index contributed by atoms with van der Waals surface area (Å²) in [5, 5.41) is 1.65. The standard InChI is InChI=1S/C12H6Cl3/c13-9-6-10(14)12(11(15)7-9)8-4-2-1-3-5-8/h2-7H. The highest BCUT2D eigenvalue weighted by Gasteiger charge is 2.09. The van der Waals surface area contributed by atoms with Crippen LogP contribution in [0.4, 0.5) is 0 Å². The van der Waals surface area contributed by atoms with Crippen LogP contribution >= 0.6 is 34.8 Å². The summed E-state index contributed by atoms with van der Waals surface area (Å²) in [6.07, 6.45) is 0. The summed E-state index contributed by atoms with van der Waals surface area (Å²) < 4.78 is 0. The normalized spacial score (nSPS) is 10.3. The highest BCUT2D eigenvalue weighted by molar-refractivity contribution is 6.41. The topological polar surface area (TPSA) is 0 Å². The summed E-state index contributed by atoms with van der Waals surface area (Å²) in [6, 6.07) is 13.7. The molecule has 0 aliphatic heterocycles. The minimum Gasteiger partial charge on any atom is -0.0842 e. The van der Waals surface area contributed by atoms with Crippen LogP contribution < -0.4 is 0 Å². The van der Waals surface area contributed by atoms with Gasteiger partial charge in [-0.15, -0.1) is 0 Å². The average Bonchev–Trinajstić information content (AvgIpc) is 2.17. The molecule has 0 saturated carbocycles. The second-order valence-electron chi connectivity index (χ2n) is 3.03. The lowest BCUT2D eigenvalue weighted by atomic mass is 10.1. The molecule has 0 atom stereocenters. The van der Waals surface area contributed by atoms with Gasteiger partial charge in [0.25, 0.3) is 0 Å². The average molecular weight is 257 g/mol. The molecule has 0 aliphatic carbocycles. The number of halogens is 3. The first kappa shape index (κ1) is 10.8. The molecule has 2 aromatic rings. The van der Waals surface area contributed by atoms with E-state index in [9.17, 15) is 0 Å². The van der Waals surface area contributed by atoms with Crippen molar-refractivity contribution in [3.63, 3.8) is 0 Å². The molecule has 0 N–H and O–H groups in total. The van der Waals surface area contributed by atoms with Crippen molar-refractivity contribution in [2.75, 3.05) is 0 Å². The molecule has 0 amide bonds. The second-order valence-corrected chi connectivity index (χ2v) is 4.28. The fourth-order valence-electron chi connectivity index (χ4n) is 1.37. The lowest BCUT2D eigenvalue weighted by Gasteiger charge is -2.07. The molecular weight excluding hydrogens is 250 g/mol. The van der Waals surface area contributed by atoms with Crippen LogP contribution in [0.5, 0.6) is 0 Å². The number of hydrogen-bond acceptors (Lipinski definition) is 0. The number of hydrogen-bond donors (Lipinski definition) is 0. The van der Waals surface area contributed by atoms with Gasteiger partial charge in [0.05, 0.1) is 10.0 Å². The Morgan fingerprint density at radius 1 is 0.867 bits per heavy atom. The fraction of sp³-hybridized carbons (Fsp3) is 0. The van der Waals surface area contributed by atoms with Crippen molar-refractivity contribution in [1.82, 2.24) is 0 Å². The van der Waals surface area contributed by atoms with Gasteiger partial charge in [-0.25, -0.2) is 0 Å². The van der Waals surface area contributed by atoms with Gasteiger partial charge < -0.3 is 0 Å². The Kier molecular flexibility index (Phi) is 3.20. The van der Waals surface area contributed by atoms with E-state index >= 15 is 0 Å². The number of rotatable bonds is 1. The Morgan fingerprint density at radius 2 is 1.40 bits per heavy atom. The van der Waals surface area contributed by atoms with E-state index in [1.54, 1.807) is 12.1 Å². The second kappa shape index (κ2) is 4.44. The zero-order valence-corrected chi connectivity index (χ0v) is 9.87. The predicted molar refractivity (Wildman–Crippen MR) is 65.7 cm³/mol. The van der Waals surface area contributed by atoms with Crippen LogP contribution in [-0.4, -0.2) is 0 Å². The largest absolute Gasteiger partial charge is 0.0842 e. The molecule has 0 spiro atoms. The van der Waals surface area contributed by atoms with E-state index < -0.39 is 0 Å². The highest BCUT2D eigenvalue weighted by atomic mass is 35.5. The Morgan fingerprint density at radius 3 is 1.93 bits per heavy atom. The van der Waals surface area contributed by atoms with Gasteiger partial charge in [-0.05, 0) is 23.8 Å². The van der Waals surface area contributed by atoms with Crippen LogP contribution in [0.25, 0.3) is 11.1 Å². The maximum absolute atomic E-state index is 6.09. The molecule has 0 bridgehead atoms. The molecule has 0 nitrogen and oxygen atoms in total. The maximum atomic E-state index is 6.09. The van der Waals surface area contributed by atoms with E-state index in [0.717, 1.165) is 11.1 Å². The van der Waals surface area contributed by atoms with Gasteiger partial charge in [0, 0.05) is 10.6 Å². The molecule has 0 saturated heterocycles. The molecular formula is C12H6Cl3. The van der Waals surface area contributed by atoms with Gasteiger partial charge in [-0.2, -0.15) is 0 Å². The summed E-state index contributed by atoms with van der Waals surface area (Å²) in [7, 11) is 0. The summed E-state index contributed by atoms with van der Waals surface area (Å²) in [5.41, 5.74) is 1.76. The molecule has 1 radical (unpaired) electrons. The number of benzene rings is 2. The molecule has 2 rings (SSSR count). The van der Waals surface area contributed by atoms with Crippen molar-refractivity contribution in [3.8, 4) is 11.1 Å². The third-order valence-electron chi connectivity index (χ3n) is 2.01. The van der Waals surface area contributed by atoms with Gasteiger partial charge in [-0.1, -0.05) is 59.1 Å². The first-order chi connectivity index (χ1) is 7.18. The SMILES string of the molecule is Clc1cc(Cl)c(-c2cc[c]cc2)c(Cl)c1. The highest BCUT2D eigenvalue weighted by Crippen LogP contribution is 2.36. The minimum atomic E-state index is 0.538. The Bertz CT molecular complexity index is 454. The predicted octanol–water partition coefficient (Wildman–Crippen LogP) is 5.11. The van der Waals surface area contributed by atoms with E-state index in [2.05, 4.69) is 6.07 Å². The van der Waals surface area contributed by atoms with E-state index in [1.807, 2.05) is 24.3 Å². The molecule has 15 heavy (non-hydrogen) atoms. The minimum absolute atomic E-state index is 0.538. The molecule has 0 fully saturated rings. The first-order valence-corrected chi connectivity index (χ1v) is 5.43. The van der Waals surface area contributed by atoms with Crippen LogP contribution in [0.15, 0.2) is 36.4 Å². The summed E-state index contributed by atoms with van der Waals surface area (Å²) >= 11 is 18.0. The van der Waals surface area contributed by atoms with Crippen LogP contribution in [0.2, 0.25) is 15.1 Å². The summed E-state index contributed by atoms with van der Waals surface area (Å²) in [4.78, 5) is 0. The Labute approximate surface area is 103 Å². The zero-order valence-electron chi connectivity index (χ0n) is 7.60. The molecule has 0 heterocycles. The van der Waals surface area contributed by atoms with Gasteiger partial charge in [0.2, 0.25) is 0 Å². The molecule has 0 aliphatic rings. The van der Waals surface area contributed by atoms with Crippen LogP contribution in [0.1, 0.15) is 0 Å². The molecule has 75 valence electrons. The molecule has 0 unspecified atom stereocenters. The third kappa shape index (κ3) is 2.28. The van der Waals surface area contributed by atoms with Crippen molar-refractivity contribution < 1.29 is 0 Å². The van der Waals surface area contributed by atoms with Gasteiger partial charge in [0.15, 0.2) is 0 Å². The molecule has 3 heteroatoms. The van der Waals surface area contributed by atoms with E-state index in [1.165, 1.54) is 0 Å². The lowest BCUT2D eigenvalue weighted by Crippen LogP contribution is -1.81. The first-order valence-electron chi connectivity index (χ1n) is 4.29. The molecule has 0 aromatic heterocycles. The third-order valence-corrected chi connectivity index (χ3v) is 2.83. The van der Waals surface area contributed by atoms with E-state index in [-0.39, 0.29) is 0 Å². The van der Waals surface area contributed by atoms with Crippen molar-refractivity contribution >= 4 is 34.8 Å². The van der Waals surface area contributed by atoms with Gasteiger partial charge >= 0.3 is 0 Å². The monoisotopic (exact) mass is 255 g/mol. The van der Waals surface area contributed by atoms with Crippen molar-refractivity contribution in [2.45, 2.75) is 0 Å². The van der Waals surface area contributed by atoms with Crippen molar-refractivity contribution in [2.24, 2.45) is 0 Å². The quantitative estimate of drug-likeness (QED) is 0.665. The smallest absolute Gasteiger partial charge is 0.0514 e. The zero-order chi connectivity index (χ0) is 10.8. The van der Waals surface area contributed by atoms with E-state index in [4.69, 9.17) is 34.8 Å². The van der Waals surface area contributed by atoms with Crippen LogP contribution in [0.3, 0.4) is 0 Å².